The lowest BCUT2D eigenvalue weighted by molar-refractivity contribution is 0.399. The largest absolute Gasteiger partial charge is 0.494 e. The molecule has 2 N–H and O–H groups in total. The lowest BCUT2D eigenvalue weighted by Crippen LogP contribution is -2.38. The molecule has 5 nitrogen and oxygen atoms in total. The predicted octanol–water partition coefficient (Wildman–Crippen LogP) is 2.39. The lowest BCUT2D eigenvalue weighted by atomic mass is 10.3. The zero-order valence-corrected chi connectivity index (χ0v) is 14.7. The van der Waals surface area contributed by atoms with Crippen molar-refractivity contribution in [2.24, 2.45) is 0 Å². The van der Waals surface area contributed by atoms with Crippen molar-refractivity contribution in [3.63, 3.8) is 0 Å². The highest BCUT2D eigenvalue weighted by Gasteiger charge is 2.22. The van der Waals surface area contributed by atoms with Gasteiger partial charge in [-0.3, -0.25) is 0 Å². The summed E-state index contributed by atoms with van der Waals surface area (Å²) in [5, 5.41) is 3.44. The van der Waals surface area contributed by atoms with Gasteiger partial charge in [-0.2, -0.15) is 0 Å². The van der Waals surface area contributed by atoms with Gasteiger partial charge < -0.3 is 10.1 Å². The van der Waals surface area contributed by atoms with E-state index < -0.39 is 10.0 Å². The van der Waals surface area contributed by atoms with Gasteiger partial charge in [0.15, 0.2) is 5.75 Å². The summed E-state index contributed by atoms with van der Waals surface area (Å²) in [5.74, 6) is 0.234. The van der Waals surface area contributed by atoms with Crippen molar-refractivity contribution < 1.29 is 13.2 Å². The lowest BCUT2D eigenvalue weighted by Gasteiger charge is -2.16. The topological polar surface area (TPSA) is 67.4 Å². The molecule has 8 heteroatoms. The molecule has 0 amide bonds. The second-order valence-corrected chi connectivity index (χ2v) is 7.26. The molecule has 0 aliphatic carbocycles. The molecule has 0 bridgehead atoms. The molecule has 0 aliphatic heterocycles. The van der Waals surface area contributed by atoms with Gasteiger partial charge in [0.05, 0.1) is 11.6 Å². The number of hydrogen-bond donors (Lipinski definition) is 2. The standard InChI is InChI=1S/C12H18BrClN2O3S/c1-4-15-8(2)7-16-20(17,18)11-6-9(14)5-10(13)12(11)19-3/h5-6,8,15-16H,4,7H2,1-3H3/t8-/m1/s1. The molecule has 0 unspecified atom stereocenters. The summed E-state index contributed by atoms with van der Waals surface area (Å²) in [6.07, 6.45) is 0. The average molecular weight is 386 g/mol. The van der Waals surface area contributed by atoms with Gasteiger partial charge in [0.2, 0.25) is 10.0 Å². The SMILES string of the molecule is CCN[C@H](C)CNS(=O)(=O)c1cc(Cl)cc(Br)c1OC. The average Bonchev–Trinajstić information content (AvgIpc) is 2.36. The Balaban J connectivity index is 3.03. The first-order chi connectivity index (χ1) is 9.31. The van der Waals surface area contributed by atoms with Crippen molar-refractivity contribution in [1.82, 2.24) is 10.0 Å². The van der Waals surface area contributed by atoms with Crippen LogP contribution in [0.2, 0.25) is 5.02 Å². The van der Waals surface area contributed by atoms with Gasteiger partial charge in [0, 0.05) is 17.6 Å². The van der Waals surface area contributed by atoms with Crippen LogP contribution in [0.4, 0.5) is 0 Å². The van der Waals surface area contributed by atoms with E-state index in [1.807, 2.05) is 13.8 Å². The number of halogens is 2. The zero-order valence-electron chi connectivity index (χ0n) is 11.5. The molecule has 0 radical (unpaired) electrons. The Bertz CT molecular complexity index is 566. The van der Waals surface area contributed by atoms with E-state index in [0.717, 1.165) is 6.54 Å². The summed E-state index contributed by atoms with van der Waals surface area (Å²) < 4.78 is 32.8. The van der Waals surface area contributed by atoms with Crippen LogP contribution in [0.5, 0.6) is 5.75 Å². The van der Waals surface area contributed by atoms with Gasteiger partial charge in [-0.25, -0.2) is 13.1 Å². The predicted molar refractivity (Wildman–Crippen MR) is 84.0 cm³/mol. The van der Waals surface area contributed by atoms with Crippen molar-refractivity contribution in [1.29, 1.82) is 0 Å². The number of benzene rings is 1. The number of methoxy groups -OCH3 is 1. The van der Waals surface area contributed by atoms with E-state index in [9.17, 15) is 8.42 Å². The van der Waals surface area contributed by atoms with Crippen LogP contribution >= 0.6 is 27.5 Å². The normalized spacial score (nSPS) is 13.2. The Labute approximate surface area is 133 Å². The van der Waals surface area contributed by atoms with E-state index in [4.69, 9.17) is 16.3 Å². The van der Waals surface area contributed by atoms with E-state index >= 15 is 0 Å². The summed E-state index contributed by atoms with van der Waals surface area (Å²) in [6, 6.07) is 2.98. The Morgan fingerprint density at radius 1 is 1.45 bits per heavy atom. The minimum absolute atomic E-state index is 0.0167. The van der Waals surface area contributed by atoms with Crippen LogP contribution in [0.1, 0.15) is 13.8 Å². The van der Waals surface area contributed by atoms with E-state index in [1.165, 1.54) is 13.2 Å². The van der Waals surface area contributed by atoms with Crippen molar-refractivity contribution in [2.45, 2.75) is 24.8 Å². The summed E-state index contributed by atoms with van der Waals surface area (Å²) in [5.41, 5.74) is 0. The van der Waals surface area contributed by atoms with Crippen LogP contribution in [-0.2, 0) is 10.0 Å². The molecule has 0 saturated heterocycles. The molecule has 0 aromatic heterocycles. The molecule has 1 aromatic carbocycles. The third kappa shape index (κ3) is 4.60. The van der Waals surface area contributed by atoms with Gasteiger partial charge in [-0.05, 0) is 41.5 Å². The maximum absolute atomic E-state index is 12.3. The van der Waals surface area contributed by atoms with Crippen LogP contribution < -0.4 is 14.8 Å². The van der Waals surface area contributed by atoms with Crippen LogP contribution in [0.25, 0.3) is 0 Å². The fraction of sp³-hybridized carbons (Fsp3) is 0.500. The van der Waals surface area contributed by atoms with Gasteiger partial charge in [-0.15, -0.1) is 0 Å². The minimum Gasteiger partial charge on any atom is -0.494 e. The summed E-state index contributed by atoms with van der Waals surface area (Å²) in [6.45, 7) is 4.91. The molecule has 114 valence electrons. The summed E-state index contributed by atoms with van der Waals surface area (Å²) >= 11 is 9.15. The Morgan fingerprint density at radius 2 is 2.10 bits per heavy atom. The molecule has 20 heavy (non-hydrogen) atoms. The molecule has 0 heterocycles. The van der Waals surface area contributed by atoms with Gasteiger partial charge >= 0.3 is 0 Å². The number of sulfonamides is 1. The first-order valence-corrected chi connectivity index (χ1v) is 8.73. The highest BCUT2D eigenvalue weighted by molar-refractivity contribution is 9.10. The fourth-order valence-corrected chi connectivity index (χ4v) is 4.18. The van der Waals surface area contributed by atoms with E-state index in [2.05, 4.69) is 26.0 Å². The number of hydrogen-bond acceptors (Lipinski definition) is 4. The van der Waals surface area contributed by atoms with Crippen molar-refractivity contribution in [2.75, 3.05) is 20.2 Å². The molecule has 0 saturated carbocycles. The second kappa shape index (κ2) is 7.61. The fourth-order valence-electron chi connectivity index (χ4n) is 1.67. The first-order valence-electron chi connectivity index (χ1n) is 6.08. The van der Waals surface area contributed by atoms with Crippen molar-refractivity contribution in [3.05, 3.63) is 21.6 Å². The van der Waals surface area contributed by atoms with Gasteiger partial charge in [0.1, 0.15) is 4.90 Å². The number of nitrogens with one attached hydrogen (secondary N) is 2. The molecule has 0 aliphatic rings. The molecule has 1 rings (SSSR count). The zero-order chi connectivity index (χ0) is 15.3. The Hall–Kier alpha value is -0.340. The van der Waals surface area contributed by atoms with Crippen molar-refractivity contribution in [3.8, 4) is 5.75 Å². The molecule has 0 fully saturated rings. The quantitative estimate of drug-likeness (QED) is 0.756. The third-order valence-corrected chi connectivity index (χ3v) is 4.84. The Kier molecular flexibility index (Phi) is 6.74. The van der Waals surface area contributed by atoms with Crippen LogP contribution in [0, 0.1) is 0 Å². The van der Waals surface area contributed by atoms with Gasteiger partial charge in [0.25, 0.3) is 0 Å². The van der Waals surface area contributed by atoms with Crippen LogP contribution in [0.3, 0.4) is 0 Å². The van der Waals surface area contributed by atoms with E-state index in [-0.39, 0.29) is 23.2 Å². The number of likely N-dealkylation sites (N-methyl/N-ethyl adjacent to an activating group) is 1. The van der Waals surface area contributed by atoms with Crippen molar-refractivity contribution >= 4 is 37.6 Å². The monoisotopic (exact) mass is 384 g/mol. The van der Waals surface area contributed by atoms with Gasteiger partial charge in [-0.1, -0.05) is 18.5 Å². The maximum Gasteiger partial charge on any atom is 0.244 e. The number of rotatable bonds is 7. The van der Waals surface area contributed by atoms with Crippen LogP contribution in [0.15, 0.2) is 21.5 Å². The van der Waals surface area contributed by atoms with E-state index in [1.54, 1.807) is 6.07 Å². The molecule has 1 atom stereocenters. The third-order valence-electron chi connectivity index (χ3n) is 2.60. The molecule has 0 spiro atoms. The van der Waals surface area contributed by atoms with Crippen LogP contribution in [-0.4, -0.2) is 34.7 Å². The minimum atomic E-state index is -3.69. The highest BCUT2D eigenvalue weighted by Crippen LogP contribution is 2.35. The molecular formula is C12H18BrClN2O3S. The maximum atomic E-state index is 12.3. The summed E-state index contributed by atoms with van der Waals surface area (Å²) in [4.78, 5) is 0.0167. The first kappa shape index (κ1) is 17.7. The highest BCUT2D eigenvalue weighted by atomic mass is 79.9. The second-order valence-electron chi connectivity index (χ2n) is 4.23. The number of ether oxygens (including phenoxy) is 1. The Morgan fingerprint density at radius 3 is 2.65 bits per heavy atom. The van der Waals surface area contributed by atoms with E-state index in [0.29, 0.717) is 9.50 Å². The molecular weight excluding hydrogens is 368 g/mol. The smallest absolute Gasteiger partial charge is 0.244 e. The summed E-state index contributed by atoms with van der Waals surface area (Å²) in [7, 11) is -2.28. The molecule has 1 aromatic rings.